The van der Waals surface area contributed by atoms with Crippen LogP contribution >= 0.6 is 0 Å². The van der Waals surface area contributed by atoms with Gasteiger partial charge in [-0.15, -0.1) is 0 Å². The minimum absolute atomic E-state index is 0.748. The molecule has 19 heavy (non-hydrogen) atoms. The van der Waals surface area contributed by atoms with Gasteiger partial charge in [0.05, 0.1) is 13.7 Å². The molecule has 0 fully saturated rings. The molecule has 0 aliphatic rings. The second-order valence-electron chi connectivity index (χ2n) is 4.27. The molecular weight excluding hydrogens is 240 g/mol. The van der Waals surface area contributed by atoms with E-state index in [-0.39, 0.29) is 0 Å². The third-order valence-electron chi connectivity index (χ3n) is 3.00. The number of hydrogen-bond acceptors (Lipinski definition) is 4. The normalized spacial score (nSPS) is 10.6. The van der Waals surface area contributed by atoms with Gasteiger partial charge in [-0.1, -0.05) is 12.1 Å². The molecule has 1 aromatic heterocycles. The summed E-state index contributed by atoms with van der Waals surface area (Å²) in [5.41, 5.74) is 1.27. The van der Waals surface area contributed by atoms with Crippen LogP contribution in [0.5, 0.6) is 5.75 Å². The van der Waals surface area contributed by atoms with Gasteiger partial charge in [-0.05, 0) is 37.6 Å². The molecule has 0 amide bonds. The SMILES string of the molecule is CCn1ncnc1CNCCc1cccc(OC)c1. The van der Waals surface area contributed by atoms with Gasteiger partial charge in [-0.25, -0.2) is 9.67 Å². The summed E-state index contributed by atoms with van der Waals surface area (Å²) in [6.07, 6.45) is 2.57. The molecule has 0 aliphatic heterocycles. The highest BCUT2D eigenvalue weighted by atomic mass is 16.5. The van der Waals surface area contributed by atoms with Crippen LogP contribution in [0.4, 0.5) is 0 Å². The fourth-order valence-electron chi connectivity index (χ4n) is 1.95. The van der Waals surface area contributed by atoms with Crippen molar-refractivity contribution in [3.8, 4) is 5.75 Å². The Morgan fingerprint density at radius 1 is 1.37 bits per heavy atom. The largest absolute Gasteiger partial charge is 0.497 e. The van der Waals surface area contributed by atoms with Crippen molar-refractivity contribution in [2.45, 2.75) is 26.4 Å². The smallest absolute Gasteiger partial charge is 0.140 e. The highest BCUT2D eigenvalue weighted by Crippen LogP contribution is 2.12. The second-order valence-corrected chi connectivity index (χ2v) is 4.27. The first-order chi connectivity index (χ1) is 9.33. The van der Waals surface area contributed by atoms with Gasteiger partial charge < -0.3 is 10.1 Å². The van der Waals surface area contributed by atoms with Crippen molar-refractivity contribution in [3.05, 3.63) is 42.0 Å². The van der Waals surface area contributed by atoms with E-state index in [9.17, 15) is 0 Å². The molecule has 0 saturated heterocycles. The average molecular weight is 260 g/mol. The number of rotatable bonds is 7. The van der Waals surface area contributed by atoms with Gasteiger partial charge in [-0.3, -0.25) is 0 Å². The molecule has 2 aromatic rings. The third-order valence-corrected chi connectivity index (χ3v) is 3.00. The maximum absolute atomic E-state index is 5.21. The van der Waals surface area contributed by atoms with Crippen LogP contribution in [0.15, 0.2) is 30.6 Å². The van der Waals surface area contributed by atoms with E-state index in [4.69, 9.17) is 4.74 Å². The summed E-state index contributed by atoms with van der Waals surface area (Å²) >= 11 is 0. The zero-order chi connectivity index (χ0) is 13.5. The van der Waals surface area contributed by atoms with Crippen molar-refractivity contribution in [2.75, 3.05) is 13.7 Å². The second kappa shape index (κ2) is 6.89. The topological polar surface area (TPSA) is 52.0 Å². The Hall–Kier alpha value is -1.88. The van der Waals surface area contributed by atoms with Crippen LogP contribution in [0.3, 0.4) is 0 Å². The van der Waals surface area contributed by atoms with E-state index in [1.807, 2.05) is 16.8 Å². The molecule has 1 N–H and O–H groups in total. The molecule has 2 rings (SSSR count). The molecule has 0 spiro atoms. The van der Waals surface area contributed by atoms with E-state index in [1.54, 1.807) is 13.4 Å². The van der Waals surface area contributed by atoms with Crippen molar-refractivity contribution < 1.29 is 4.74 Å². The van der Waals surface area contributed by atoms with E-state index < -0.39 is 0 Å². The number of nitrogens with zero attached hydrogens (tertiary/aromatic N) is 3. The van der Waals surface area contributed by atoms with Gasteiger partial charge in [-0.2, -0.15) is 5.10 Å². The number of nitrogens with one attached hydrogen (secondary N) is 1. The van der Waals surface area contributed by atoms with Crippen LogP contribution in [0.25, 0.3) is 0 Å². The Morgan fingerprint density at radius 2 is 2.26 bits per heavy atom. The Labute approximate surface area is 113 Å². The maximum atomic E-state index is 5.21. The van der Waals surface area contributed by atoms with Crippen LogP contribution in [-0.2, 0) is 19.5 Å². The van der Waals surface area contributed by atoms with Crippen LogP contribution in [0.2, 0.25) is 0 Å². The monoisotopic (exact) mass is 260 g/mol. The van der Waals surface area contributed by atoms with Gasteiger partial charge in [0.2, 0.25) is 0 Å². The number of aromatic nitrogens is 3. The summed E-state index contributed by atoms with van der Waals surface area (Å²) in [4.78, 5) is 4.23. The first-order valence-electron chi connectivity index (χ1n) is 6.53. The van der Waals surface area contributed by atoms with Crippen molar-refractivity contribution in [1.82, 2.24) is 20.1 Å². The van der Waals surface area contributed by atoms with Crippen LogP contribution in [-0.4, -0.2) is 28.4 Å². The number of benzene rings is 1. The molecule has 0 aliphatic carbocycles. The molecule has 102 valence electrons. The summed E-state index contributed by atoms with van der Waals surface area (Å²) in [5.74, 6) is 1.89. The van der Waals surface area contributed by atoms with E-state index in [1.165, 1.54) is 5.56 Å². The summed E-state index contributed by atoms with van der Waals surface area (Å²) in [5, 5.41) is 7.53. The fourth-order valence-corrected chi connectivity index (χ4v) is 1.95. The first-order valence-corrected chi connectivity index (χ1v) is 6.53. The standard InChI is InChI=1S/C14H20N4O/c1-3-18-14(16-11-17-18)10-15-8-7-12-5-4-6-13(9-12)19-2/h4-6,9,11,15H,3,7-8,10H2,1-2H3. The Morgan fingerprint density at radius 3 is 3.05 bits per heavy atom. The van der Waals surface area contributed by atoms with Crippen LogP contribution in [0, 0.1) is 0 Å². The van der Waals surface area contributed by atoms with Crippen molar-refractivity contribution in [3.63, 3.8) is 0 Å². The molecule has 1 aromatic carbocycles. The zero-order valence-electron chi connectivity index (χ0n) is 11.5. The Bertz CT molecular complexity index is 510. The summed E-state index contributed by atoms with van der Waals surface area (Å²) in [7, 11) is 1.69. The molecule has 5 heteroatoms. The molecule has 1 heterocycles. The van der Waals surface area contributed by atoms with Crippen molar-refractivity contribution in [1.29, 1.82) is 0 Å². The van der Waals surface area contributed by atoms with Gasteiger partial charge in [0.15, 0.2) is 0 Å². The van der Waals surface area contributed by atoms with E-state index in [0.29, 0.717) is 0 Å². The summed E-state index contributed by atoms with van der Waals surface area (Å²) in [6, 6.07) is 8.15. The van der Waals surface area contributed by atoms with Crippen molar-refractivity contribution in [2.24, 2.45) is 0 Å². The number of ether oxygens (including phenoxy) is 1. The van der Waals surface area contributed by atoms with E-state index in [0.717, 1.165) is 37.6 Å². The summed E-state index contributed by atoms with van der Waals surface area (Å²) < 4.78 is 7.11. The summed E-state index contributed by atoms with van der Waals surface area (Å²) in [6.45, 7) is 4.57. The average Bonchev–Trinajstić information content (AvgIpc) is 2.91. The lowest BCUT2D eigenvalue weighted by Gasteiger charge is -2.07. The highest BCUT2D eigenvalue weighted by molar-refractivity contribution is 5.28. The van der Waals surface area contributed by atoms with Crippen molar-refractivity contribution >= 4 is 0 Å². The maximum Gasteiger partial charge on any atom is 0.140 e. The predicted molar refractivity (Wildman–Crippen MR) is 74.1 cm³/mol. The predicted octanol–water partition coefficient (Wildman–Crippen LogP) is 1.64. The molecular formula is C14H20N4O. The van der Waals surface area contributed by atoms with Gasteiger partial charge >= 0.3 is 0 Å². The quantitative estimate of drug-likeness (QED) is 0.769. The molecule has 0 saturated carbocycles. The molecule has 5 nitrogen and oxygen atoms in total. The molecule has 0 radical (unpaired) electrons. The zero-order valence-corrected chi connectivity index (χ0v) is 11.5. The molecule has 0 unspecified atom stereocenters. The molecule has 0 bridgehead atoms. The number of methoxy groups -OCH3 is 1. The highest BCUT2D eigenvalue weighted by Gasteiger charge is 2.01. The first kappa shape index (κ1) is 13.5. The van der Waals surface area contributed by atoms with Gasteiger partial charge in [0.25, 0.3) is 0 Å². The van der Waals surface area contributed by atoms with Gasteiger partial charge in [0, 0.05) is 6.54 Å². The lowest BCUT2D eigenvalue weighted by Crippen LogP contribution is -2.19. The fraction of sp³-hybridized carbons (Fsp3) is 0.429. The van der Waals surface area contributed by atoms with Crippen LogP contribution in [0.1, 0.15) is 18.3 Å². The van der Waals surface area contributed by atoms with Crippen LogP contribution < -0.4 is 10.1 Å². The minimum atomic E-state index is 0.748. The Kier molecular flexibility index (Phi) is 4.92. The third kappa shape index (κ3) is 3.79. The number of aryl methyl sites for hydroxylation is 1. The minimum Gasteiger partial charge on any atom is -0.497 e. The Balaban J connectivity index is 1.77. The van der Waals surface area contributed by atoms with E-state index in [2.05, 4.69) is 34.5 Å². The van der Waals surface area contributed by atoms with Gasteiger partial charge in [0.1, 0.15) is 17.9 Å². The molecule has 0 atom stereocenters. The van der Waals surface area contributed by atoms with E-state index >= 15 is 0 Å². The lowest BCUT2D eigenvalue weighted by atomic mass is 10.1. The lowest BCUT2D eigenvalue weighted by molar-refractivity contribution is 0.414. The number of hydrogen-bond donors (Lipinski definition) is 1.